The van der Waals surface area contributed by atoms with Crippen molar-refractivity contribution in [2.24, 2.45) is 5.92 Å². The maximum Gasteiger partial charge on any atom is 0.240 e. The van der Waals surface area contributed by atoms with Gasteiger partial charge in [-0.15, -0.1) is 0 Å². The van der Waals surface area contributed by atoms with Crippen molar-refractivity contribution in [1.29, 1.82) is 0 Å². The van der Waals surface area contributed by atoms with Crippen LogP contribution in [-0.2, 0) is 27.8 Å². The van der Waals surface area contributed by atoms with Gasteiger partial charge in [-0.2, -0.15) is 0 Å². The Morgan fingerprint density at radius 1 is 0.967 bits per heavy atom. The molecule has 7 nitrogen and oxygen atoms in total. The summed E-state index contributed by atoms with van der Waals surface area (Å²) in [4.78, 5) is 12.4. The summed E-state index contributed by atoms with van der Waals surface area (Å²) in [5, 5.41) is 2.88. The van der Waals surface area contributed by atoms with Gasteiger partial charge in [-0.25, -0.2) is 13.1 Å². The number of hydrogen-bond donors (Lipinski definition) is 2. The Morgan fingerprint density at radius 2 is 1.60 bits per heavy atom. The molecule has 0 aromatic heterocycles. The topological polar surface area (TPSA) is 93.7 Å². The van der Waals surface area contributed by atoms with Crippen LogP contribution in [0.3, 0.4) is 0 Å². The van der Waals surface area contributed by atoms with Gasteiger partial charge < -0.3 is 14.8 Å². The van der Waals surface area contributed by atoms with Crippen molar-refractivity contribution < 1.29 is 22.7 Å². The van der Waals surface area contributed by atoms with E-state index in [4.69, 9.17) is 9.47 Å². The smallest absolute Gasteiger partial charge is 0.240 e. The van der Waals surface area contributed by atoms with E-state index in [1.165, 1.54) is 0 Å². The van der Waals surface area contributed by atoms with Gasteiger partial charge in [0.1, 0.15) is 0 Å². The molecule has 0 saturated carbocycles. The minimum Gasteiger partial charge on any atom is -0.493 e. The summed E-state index contributed by atoms with van der Waals surface area (Å²) in [6.45, 7) is 4.67. The molecule has 2 rings (SSSR count). The number of amides is 1. The molecule has 2 aromatic carbocycles. The quantitative estimate of drug-likeness (QED) is 0.567. The summed E-state index contributed by atoms with van der Waals surface area (Å²) in [6.07, 6.45) is 0.836. The van der Waals surface area contributed by atoms with Crippen molar-refractivity contribution in [2.45, 2.75) is 38.1 Å². The third-order valence-electron chi connectivity index (χ3n) is 4.49. The van der Waals surface area contributed by atoms with Gasteiger partial charge in [0.05, 0.1) is 19.1 Å². The number of rotatable bonds is 11. The lowest BCUT2D eigenvalue weighted by atomic mass is 10.1. The van der Waals surface area contributed by atoms with E-state index in [2.05, 4.69) is 10.0 Å². The van der Waals surface area contributed by atoms with E-state index in [-0.39, 0.29) is 16.7 Å². The standard InChI is InChI=1S/C22H30N2O5S/c1-16(2)14-24-30(26,27)19-9-5-17(6-10-19)8-12-22(25)23-15-18-7-11-20(28-3)21(13-18)29-4/h5-7,9-11,13,16,24H,8,12,14-15H2,1-4H3,(H,23,25). The maximum atomic E-state index is 12.2. The molecule has 0 fully saturated rings. The van der Waals surface area contributed by atoms with Crippen LogP contribution in [0.15, 0.2) is 47.4 Å². The van der Waals surface area contributed by atoms with E-state index >= 15 is 0 Å². The van der Waals surface area contributed by atoms with Crippen LogP contribution >= 0.6 is 0 Å². The van der Waals surface area contributed by atoms with Gasteiger partial charge in [-0.1, -0.05) is 32.0 Å². The molecule has 1 amide bonds. The van der Waals surface area contributed by atoms with Crippen LogP contribution in [0.25, 0.3) is 0 Å². The predicted molar refractivity (Wildman–Crippen MR) is 116 cm³/mol. The van der Waals surface area contributed by atoms with Crippen molar-refractivity contribution >= 4 is 15.9 Å². The van der Waals surface area contributed by atoms with Crippen LogP contribution in [0, 0.1) is 5.92 Å². The highest BCUT2D eigenvalue weighted by Gasteiger charge is 2.14. The molecule has 0 unspecified atom stereocenters. The van der Waals surface area contributed by atoms with E-state index in [9.17, 15) is 13.2 Å². The lowest BCUT2D eigenvalue weighted by Crippen LogP contribution is -2.27. The van der Waals surface area contributed by atoms with Gasteiger partial charge in [-0.05, 0) is 47.7 Å². The first-order valence-electron chi connectivity index (χ1n) is 9.81. The normalized spacial score (nSPS) is 11.4. The first-order valence-corrected chi connectivity index (χ1v) is 11.3. The monoisotopic (exact) mass is 434 g/mol. The number of carbonyl (C=O) groups excluding carboxylic acids is 1. The Labute approximate surface area is 178 Å². The summed E-state index contributed by atoms with van der Waals surface area (Å²) in [7, 11) is -0.363. The van der Waals surface area contributed by atoms with E-state index in [1.807, 2.05) is 26.0 Å². The molecule has 2 N–H and O–H groups in total. The van der Waals surface area contributed by atoms with Gasteiger partial charge in [0.2, 0.25) is 15.9 Å². The van der Waals surface area contributed by atoms with Gasteiger partial charge in [0, 0.05) is 19.5 Å². The number of benzene rings is 2. The zero-order chi connectivity index (χ0) is 22.1. The minimum atomic E-state index is -3.50. The van der Waals surface area contributed by atoms with Crippen LogP contribution < -0.4 is 19.5 Å². The van der Waals surface area contributed by atoms with Gasteiger partial charge >= 0.3 is 0 Å². The molecule has 0 spiro atoms. The van der Waals surface area contributed by atoms with Crippen LogP contribution in [0.1, 0.15) is 31.4 Å². The molecule has 0 heterocycles. The SMILES string of the molecule is COc1ccc(CNC(=O)CCc2ccc(S(=O)(=O)NCC(C)C)cc2)cc1OC. The highest BCUT2D eigenvalue weighted by atomic mass is 32.2. The third kappa shape index (κ3) is 7.03. The Bertz CT molecular complexity index is 941. The third-order valence-corrected chi connectivity index (χ3v) is 5.93. The van der Waals surface area contributed by atoms with Crippen molar-refractivity contribution in [3.63, 3.8) is 0 Å². The van der Waals surface area contributed by atoms with E-state index < -0.39 is 10.0 Å². The lowest BCUT2D eigenvalue weighted by molar-refractivity contribution is -0.121. The number of ether oxygens (including phenoxy) is 2. The minimum absolute atomic E-state index is 0.0833. The second-order valence-corrected chi connectivity index (χ2v) is 9.12. The summed E-state index contributed by atoms with van der Waals surface area (Å²) in [5.74, 6) is 1.40. The van der Waals surface area contributed by atoms with E-state index in [0.29, 0.717) is 37.4 Å². The number of hydrogen-bond acceptors (Lipinski definition) is 5. The maximum absolute atomic E-state index is 12.2. The van der Waals surface area contributed by atoms with Crippen molar-refractivity contribution in [1.82, 2.24) is 10.0 Å². The zero-order valence-corrected chi connectivity index (χ0v) is 18.7. The lowest BCUT2D eigenvalue weighted by Gasteiger charge is -2.11. The number of sulfonamides is 1. The highest BCUT2D eigenvalue weighted by molar-refractivity contribution is 7.89. The van der Waals surface area contributed by atoms with E-state index in [0.717, 1.165) is 11.1 Å². The van der Waals surface area contributed by atoms with Gasteiger partial charge in [0.15, 0.2) is 11.5 Å². The number of aryl methyl sites for hydroxylation is 1. The average Bonchev–Trinajstić information content (AvgIpc) is 2.75. The van der Waals surface area contributed by atoms with E-state index in [1.54, 1.807) is 44.6 Å². The molecule has 0 aliphatic carbocycles. The largest absolute Gasteiger partial charge is 0.493 e. The predicted octanol–water partition coefficient (Wildman–Crippen LogP) is 2.89. The number of carbonyl (C=O) groups is 1. The van der Waals surface area contributed by atoms with Gasteiger partial charge in [0.25, 0.3) is 0 Å². The summed E-state index contributed by atoms with van der Waals surface area (Å²) < 4.78 is 37.5. The molecule has 0 bridgehead atoms. The Kier molecular flexibility index (Phi) is 8.68. The van der Waals surface area contributed by atoms with Crippen LogP contribution in [0.5, 0.6) is 11.5 Å². The molecule has 8 heteroatoms. The fraction of sp³-hybridized carbons (Fsp3) is 0.409. The first kappa shape index (κ1) is 23.7. The molecule has 0 aliphatic heterocycles. The molecule has 0 radical (unpaired) electrons. The Morgan fingerprint density at radius 3 is 2.20 bits per heavy atom. The summed E-state index contributed by atoms with van der Waals surface area (Å²) in [6, 6.07) is 12.1. The number of methoxy groups -OCH3 is 2. The van der Waals surface area contributed by atoms with Crippen molar-refractivity contribution in [3.05, 3.63) is 53.6 Å². The van der Waals surface area contributed by atoms with Crippen LogP contribution in [-0.4, -0.2) is 35.1 Å². The number of nitrogens with one attached hydrogen (secondary N) is 2. The van der Waals surface area contributed by atoms with Crippen LogP contribution in [0.4, 0.5) is 0 Å². The Balaban J connectivity index is 1.85. The average molecular weight is 435 g/mol. The molecule has 0 saturated heterocycles. The molecule has 164 valence electrons. The second kappa shape index (κ2) is 11.0. The molecule has 30 heavy (non-hydrogen) atoms. The van der Waals surface area contributed by atoms with Crippen molar-refractivity contribution in [3.8, 4) is 11.5 Å². The fourth-order valence-corrected chi connectivity index (χ4v) is 3.95. The zero-order valence-electron chi connectivity index (χ0n) is 17.9. The second-order valence-electron chi connectivity index (χ2n) is 7.36. The Hall–Kier alpha value is -2.58. The fourth-order valence-electron chi connectivity index (χ4n) is 2.73. The molecule has 2 aromatic rings. The molecular formula is C22H30N2O5S. The molecule has 0 aliphatic rings. The molecular weight excluding hydrogens is 404 g/mol. The first-order chi connectivity index (χ1) is 14.2. The summed E-state index contributed by atoms with van der Waals surface area (Å²) >= 11 is 0. The van der Waals surface area contributed by atoms with Crippen molar-refractivity contribution in [2.75, 3.05) is 20.8 Å². The summed E-state index contributed by atoms with van der Waals surface area (Å²) in [5.41, 5.74) is 1.81. The highest BCUT2D eigenvalue weighted by Crippen LogP contribution is 2.27. The van der Waals surface area contributed by atoms with Crippen LogP contribution in [0.2, 0.25) is 0 Å². The molecule has 0 atom stereocenters. The van der Waals surface area contributed by atoms with Gasteiger partial charge in [-0.3, -0.25) is 4.79 Å².